The first-order valence-electron chi connectivity index (χ1n) is 8.15. The summed E-state index contributed by atoms with van der Waals surface area (Å²) < 4.78 is 47.8. The quantitative estimate of drug-likeness (QED) is 0.896. The van der Waals surface area contributed by atoms with Gasteiger partial charge in [-0.15, -0.1) is 0 Å². The van der Waals surface area contributed by atoms with E-state index in [0.717, 1.165) is 17.2 Å². The van der Waals surface area contributed by atoms with Crippen LogP contribution in [-0.2, 0) is 10.0 Å². The molecule has 0 fully saturated rings. The second-order valence-electron chi connectivity index (χ2n) is 7.19. The molecule has 25 heavy (non-hydrogen) atoms. The van der Waals surface area contributed by atoms with Crippen LogP contribution in [0.2, 0.25) is 0 Å². The van der Waals surface area contributed by atoms with Crippen molar-refractivity contribution in [2.24, 2.45) is 0 Å². The monoisotopic (exact) mass is 363 g/mol. The lowest BCUT2D eigenvalue weighted by molar-refractivity contribution is 0.0701. The molecule has 0 bridgehead atoms. The fraction of sp³-hybridized carbons (Fsp3) is 0.368. The van der Waals surface area contributed by atoms with Crippen molar-refractivity contribution in [3.8, 4) is 5.75 Å². The highest BCUT2D eigenvalue weighted by atomic mass is 32.2. The average molecular weight is 363 g/mol. The molecule has 0 aliphatic carbocycles. The molecular weight excluding hydrogens is 341 g/mol. The zero-order valence-electron chi connectivity index (χ0n) is 14.8. The Balaban J connectivity index is 2.00. The fourth-order valence-corrected chi connectivity index (χ4v) is 4.69. The Morgan fingerprint density at radius 2 is 1.88 bits per heavy atom. The number of aryl methyl sites for hydroxylation is 2. The third kappa shape index (κ3) is 3.70. The van der Waals surface area contributed by atoms with Gasteiger partial charge in [0.25, 0.3) is 0 Å². The molecule has 1 aliphatic heterocycles. The minimum absolute atomic E-state index is 0.0902. The second kappa shape index (κ2) is 6.11. The molecule has 1 atom stereocenters. The molecule has 2 aromatic carbocycles. The first kappa shape index (κ1) is 17.9. The molecule has 0 spiro atoms. The summed E-state index contributed by atoms with van der Waals surface area (Å²) >= 11 is 0. The van der Waals surface area contributed by atoms with E-state index in [1.807, 2.05) is 39.0 Å². The number of rotatable bonds is 3. The predicted molar refractivity (Wildman–Crippen MR) is 94.7 cm³/mol. The maximum atomic E-state index is 13.3. The van der Waals surface area contributed by atoms with Crippen molar-refractivity contribution in [3.05, 3.63) is 58.9 Å². The highest BCUT2D eigenvalue weighted by Crippen LogP contribution is 2.40. The largest absolute Gasteiger partial charge is 0.487 e. The van der Waals surface area contributed by atoms with Crippen molar-refractivity contribution < 1.29 is 17.5 Å². The van der Waals surface area contributed by atoms with E-state index >= 15 is 0 Å². The molecule has 0 unspecified atom stereocenters. The van der Waals surface area contributed by atoms with E-state index in [-0.39, 0.29) is 4.90 Å². The minimum atomic E-state index is -3.79. The van der Waals surface area contributed by atoms with Crippen LogP contribution in [0.4, 0.5) is 4.39 Å². The molecule has 1 heterocycles. The molecule has 0 saturated heterocycles. The number of hydrogen-bond acceptors (Lipinski definition) is 3. The van der Waals surface area contributed by atoms with Crippen LogP contribution < -0.4 is 9.46 Å². The lowest BCUT2D eigenvalue weighted by Gasteiger charge is -2.38. The number of hydrogen-bond donors (Lipinski definition) is 1. The molecule has 1 aliphatic rings. The van der Waals surface area contributed by atoms with Gasteiger partial charge in [-0.3, -0.25) is 0 Å². The summed E-state index contributed by atoms with van der Waals surface area (Å²) in [6, 6.07) is 9.03. The van der Waals surface area contributed by atoms with E-state index in [4.69, 9.17) is 4.74 Å². The molecule has 4 nitrogen and oxygen atoms in total. The Morgan fingerprint density at radius 3 is 2.56 bits per heavy atom. The van der Waals surface area contributed by atoms with E-state index in [9.17, 15) is 12.8 Å². The third-order valence-corrected chi connectivity index (χ3v) is 5.98. The number of sulfonamides is 1. The number of nitrogens with one attached hydrogen (secondary N) is 1. The van der Waals surface area contributed by atoms with Crippen molar-refractivity contribution in [1.29, 1.82) is 0 Å². The molecule has 0 amide bonds. The number of benzene rings is 2. The summed E-state index contributed by atoms with van der Waals surface area (Å²) in [6.07, 6.45) is 0.503. The molecule has 0 aromatic heterocycles. The molecule has 1 N–H and O–H groups in total. The van der Waals surface area contributed by atoms with Gasteiger partial charge in [-0.25, -0.2) is 17.5 Å². The van der Waals surface area contributed by atoms with Crippen LogP contribution in [0.25, 0.3) is 0 Å². The van der Waals surface area contributed by atoms with Crippen molar-refractivity contribution in [2.45, 2.75) is 50.7 Å². The van der Waals surface area contributed by atoms with Crippen molar-refractivity contribution in [2.75, 3.05) is 0 Å². The molecule has 134 valence electrons. The van der Waals surface area contributed by atoms with Gasteiger partial charge in [0.2, 0.25) is 10.0 Å². The van der Waals surface area contributed by atoms with Gasteiger partial charge in [0.15, 0.2) is 0 Å². The van der Waals surface area contributed by atoms with Gasteiger partial charge in [-0.2, -0.15) is 0 Å². The first-order chi connectivity index (χ1) is 11.6. The van der Waals surface area contributed by atoms with Crippen LogP contribution in [0.1, 0.15) is 43.0 Å². The van der Waals surface area contributed by atoms with E-state index in [1.165, 1.54) is 12.1 Å². The normalized spacial score (nSPS) is 19.2. The zero-order chi connectivity index (χ0) is 18.4. The number of ether oxygens (including phenoxy) is 1. The van der Waals surface area contributed by atoms with Gasteiger partial charge < -0.3 is 4.74 Å². The summed E-state index contributed by atoms with van der Waals surface area (Å²) in [7, 11) is -3.79. The molecule has 3 rings (SSSR count). The van der Waals surface area contributed by atoms with Gasteiger partial charge in [0.1, 0.15) is 17.2 Å². The summed E-state index contributed by atoms with van der Waals surface area (Å²) in [4.78, 5) is 0.0902. The van der Waals surface area contributed by atoms with Crippen LogP contribution in [0, 0.1) is 19.7 Å². The molecule has 0 radical (unpaired) electrons. The molecule has 6 heteroatoms. The molecule has 2 aromatic rings. The van der Waals surface area contributed by atoms with E-state index in [1.54, 1.807) is 6.92 Å². The first-order valence-corrected chi connectivity index (χ1v) is 9.64. The highest BCUT2D eigenvalue weighted by molar-refractivity contribution is 7.89. The summed E-state index contributed by atoms with van der Waals surface area (Å²) in [5.74, 6) is 0.231. The van der Waals surface area contributed by atoms with Crippen LogP contribution >= 0.6 is 0 Å². The van der Waals surface area contributed by atoms with Crippen molar-refractivity contribution >= 4 is 10.0 Å². The molecule has 0 saturated carbocycles. The van der Waals surface area contributed by atoms with Crippen molar-refractivity contribution in [3.63, 3.8) is 0 Å². The van der Waals surface area contributed by atoms with Gasteiger partial charge >= 0.3 is 0 Å². The van der Waals surface area contributed by atoms with Gasteiger partial charge in [-0.1, -0.05) is 17.7 Å². The Morgan fingerprint density at radius 1 is 1.16 bits per heavy atom. The van der Waals surface area contributed by atoms with E-state index in [2.05, 4.69) is 4.72 Å². The topological polar surface area (TPSA) is 55.4 Å². The maximum Gasteiger partial charge on any atom is 0.241 e. The fourth-order valence-electron chi connectivity index (χ4n) is 3.24. The number of halogens is 1. The van der Waals surface area contributed by atoms with Crippen LogP contribution in [0.3, 0.4) is 0 Å². The van der Waals surface area contributed by atoms with Gasteiger partial charge in [0.05, 0.1) is 10.9 Å². The Kier molecular flexibility index (Phi) is 4.37. The zero-order valence-corrected chi connectivity index (χ0v) is 15.6. The average Bonchev–Trinajstić information content (AvgIpc) is 2.46. The highest BCUT2D eigenvalue weighted by Gasteiger charge is 2.36. The Hall–Kier alpha value is -1.92. The maximum absolute atomic E-state index is 13.3. The number of fused-ring (bicyclic) bond motifs is 1. The lowest BCUT2D eigenvalue weighted by Crippen LogP contribution is -2.41. The lowest BCUT2D eigenvalue weighted by atomic mass is 9.89. The van der Waals surface area contributed by atoms with E-state index < -0.39 is 27.5 Å². The van der Waals surface area contributed by atoms with Crippen LogP contribution in [0.15, 0.2) is 41.3 Å². The second-order valence-corrected chi connectivity index (χ2v) is 8.87. The Bertz CT molecular complexity index is 922. The summed E-state index contributed by atoms with van der Waals surface area (Å²) in [5, 5.41) is 0. The SMILES string of the molecule is Cc1ccc2c(c1)[C@@H](NS(=O)(=O)c1ccc(F)cc1C)CC(C)(C)O2. The van der Waals surface area contributed by atoms with Gasteiger partial charge in [0, 0.05) is 12.0 Å². The van der Waals surface area contributed by atoms with Crippen LogP contribution in [0.5, 0.6) is 5.75 Å². The van der Waals surface area contributed by atoms with Gasteiger partial charge in [-0.05, 0) is 57.5 Å². The van der Waals surface area contributed by atoms with Crippen molar-refractivity contribution in [1.82, 2.24) is 4.72 Å². The third-order valence-electron chi connectivity index (χ3n) is 4.35. The summed E-state index contributed by atoms with van der Waals surface area (Å²) in [6.45, 7) is 7.40. The van der Waals surface area contributed by atoms with Crippen LogP contribution in [-0.4, -0.2) is 14.0 Å². The standard InChI is InChI=1S/C19H22FNO3S/c1-12-5-7-17-15(9-12)16(11-19(3,4)24-17)21-25(22,23)18-8-6-14(20)10-13(18)2/h5-10,16,21H,11H2,1-4H3/t16-/m0/s1. The molecular formula is C19H22FNO3S. The minimum Gasteiger partial charge on any atom is -0.487 e. The smallest absolute Gasteiger partial charge is 0.241 e. The predicted octanol–water partition coefficient (Wildman–Crippen LogP) is 4.02. The van der Waals surface area contributed by atoms with E-state index in [0.29, 0.717) is 17.7 Å². The Labute approximate surface area is 148 Å². The summed E-state index contributed by atoms with van der Waals surface area (Å²) in [5.41, 5.74) is 1.74.